The van der Waals surface area contributed by atoms with Gasteiger partial charge in [0.1, 0.15) is 16.8 Å². The van der Waals surface area contributed by atoms with Gasteiger partial charge in [0.25, 0.3) is 0 Å². The molecule has 0 aliphatic rings. The number of aromatic nitrogens is 1. The topological polar surface area (TPSA) is 95.8 Å². The predicted octanol–water partition coefficient (Wildman–Crippen LogP) is 2.99. The van der Waals surface area contributed by atoms with E-state index < -0.39 is 0 Å². The van der Waals surface area contributed by atoms with Crippen LogP contribution in [0.25, 0.3) is 0 Å². The third-order valence-electron chi connectivity index (χ3n) is 5.07. The van der Waals surface area contributed by atoms with Crippen molar-refractivity contribution in [2.75, 3.05) is 10.6 Å². The van der Waals surface area contributed by atoms with Crippen molar-refractivity contribution in [1.82, 2.24) is 0 Å². The Hall–Kier alpha value is -3.63. The molecule has 0 spiro atoms. The first-order valence-electron chi connectivity index (χ1n) is 10.8. The van der Waals surface area contributed by atoms with Gasteiger partial charge in [0.2, 0.25) is 6.54 Å². The van der Waals surface area contributed by atoms with Crippen molar-refractivity contribution in [3.8, 4) is 0 Å². The predicted molar refractivity (Wildman–Crippen MR) is 134 cm³/mol. The zero-order valence-corrected chi connectivity index (χ0v) is 21.5. The highest BCUT2D eigenvalue weighted by Crippen LogP contribution is 2.35. The summed E-state index contributed by atoms with van der Waals surface area (Å²) in [7, 11) is 1.81. The molecule has 0 saturated carbocycles. The Morgan fingerprint density at radius 3 is 2.14 bits per heavy atom. The van der Waals surface area contributed by atoms with Crippen molar-refractivity contribution < 1.29 is 26.5 Å². The van der Waals surface area contributed by atoms with Crippen molar-refractivity contribution in [3.63, 3.8) is 0 Å². The Balaban J connectivity index is 0.00000342. The first-order valence-corrected chi connectivity index (χ1v) is 11.6. The molecule has 0 aliphatic heterocycles. The van der Waals surface area contributed by atoms with Crippen LogP contribution in [0.5, 0.6) is 0 Å². The van der Waals surface area contributed by atoms with E-state index in [1.54, 1.807) is 17.8 Å². The molecule has 1 aromatic heterocycles. The lowest BCUT2D eigenvalue weighted by Gasteiger charge is -2.15. The first kappa shape index (κ1) is 26.0. The molecule has 0 bridgehead atoms. The van der Waals surface area contributed by atoms with Gasteiger partial charge in [0, 0.05) is 18.0 Å². The molecule has 4 aromatic rings. The van der Waals surface area contributed by atoms with E-state index in [9.17, 15) is 10.1 Å². The van der Waals surface area contributed by atoms with Gasteiger partial charge in [-0.3, -0.25) is 10.1 Å². The summed E-state index contributed by atoms with van der Waals surface area (Å²) in [5.41, 5.74) is 4.76. The van der Waals surface area contributed by atoms with E-state index in [1.165, 1.54) is 16.9 Å². The first-order chi connectivity index (χ1) is 16.6. The van der Waals surface area contributed by atoms with Crippen molar-refractivity contribution in [2.24, 2.45) is 17.3 Å². The van der Waals surface area contributed by atoms with Crippen LogP contribution in [0.1, 0.15) is 16.0 Å². The maximum atomic E-state index is 10.8. The molecule has 0 amide bonds. The van der Waals surface area contributed by atoms with E-state index in [1.807, 2.05) is 54.6 Å². The summed E-state index contributed by atoms with van der Waals surface area (Å²) in [4.78, 5) is 11.1. The second-order valence-corrected chi connectivity index (χ2v) is 8.75. The Labute approximate surface area is 218 Å². The number of anilines is 2. The molecule has 0 fully saturated rings. The van der Waals surface area contributed by atoms with Crippen molar-refractivity contribution in [3.05, 3.63) is 111 Å². The lowest BCUT2D eigenvalue weighted by molar-refractivity contribution is -0.655. The van der Waals surface area contributed by atoms with Gasteiger partial charge in [0.05, 0.1) is 23.5 Å². The monoisotopic (exact) mass is 552 g/mol. The molecule has 4 rings (SSSR count). The molecule has 10 heteroatoms. The summed E-state index contributed by atoms with van der Waals surface area (Å²) < 4.78 is 1.75. The molecule has 3 aromatic carbocycles. The summed E-state index contributed by atoms with van der Waals surface area (Å²) in [5.74, 6) is 0. The minimum atomic E-state index is -0.347. The second kappa shape index (κ2) is 12.7. The largest absolute Gasteiger partial charge is 1.00 e. The van der Waals surface area contributed by atoms with E-state index in [2.05, 4.69) is 45.1 Å². The van der Waals surface area contributed by atoms with Crippen LogP contribution in [-0.2, 0) is 26.7 Å². The highest BCUT2D eigenvalue weighted by molar-refractivity contribution is 7.14. The quantitative estimate of drug-likeness (QED) is 0.137. The third-order valence-corrected chi connectivity index (χ3v) is 6.12. The van der Waals surface area contributed by atoms with Crippen LogP contribution < -0.4 is 32.2 Å². The number of benzene rings is 3. The number of thiazole rings is 1. The molecule has 1 heterocycles. The van der Waals surface area contributed by atoms with Crippen LogP contribution in [0.2, 0.25) is 0 Å². The zero-order chi connectivity index (χ0) is 23.8. The number of azo groups is 1. The average Bonchev–Trinajstić information content (AvgIpc) is 3.19. The molecular formula is C25H25BrN6O2S. The maximum absolute atomic E-state index is 10.8. The molecular weight excluding hydrogens is 528 g/mol. The molecule has 8 nitrogen and oxygen atoms in total. The number of nitro groups is 1. The van der Waals surface area contributed by atoms with Crippen molar-refractivity contribution >= 4 is 33.5 Å². The van der Waals surface area contributed by atoms with Gasteiger partial charge in [-0.1, -0.05) is 66.7 Å². The lowest BCUT2D eigenvalue weighted by Crippen LogP contribution is -3.00. The van der Waals surface area contributed by atoms with Gasteiger partial charge in [-0.05, 0) is 39.7 Å². The van der Waals surface area contributed by atoms with Gasteiger partial charge < -0.3 is 27.6 Å². The fourth-order valence-electron chi connectivity index (χ4n) is 3.41. The highest BCUT2D eigenvalue weighted by Gasteiger charge is 2.18. The second-order valence-electron chi connectivity index (χ2n) is 7.66. The Bertz CT molecular complexity index is 1280. The van der Waals surface area contributed by atoms with Gasteiger partial charge in [-0.2, -0.15) is 0 Å². The Kier molecular flexibility index (Phi) is 9.45. The number of hydrogen-bond donors (Lipinski definition) is 2. The standard InChI is InChI=1S/C25H24N6O2S.BrH/c1-30-17-21(18-31(32)33)34-25(30)29-28-23-14-8-13-22(26-15-19-9-4-2-5-10-19)24(23)27-16-20-11-6-3-7-12-20;/h2-14,17H,15-16,18H2,1H3,(H,26,28);1H. The van der Waals surface area contributed by atoms with Crippen LogP contribution in [0, 0.1) is 10.1 Å². The van der Waals surface area contributed by atoms with Crippen LogP contribution in [0.15, 0.2) is 95.3 Å². The molecule has 2 N–H and O–H groups in total. The van der Waals surface area contributed by atoms with E-state index in [4.69, 9.17) is 0 Å². The highest BCUT2D eigenvalue weighted by atomic mass is 79.9. The normalized spacial score (nSPS) is 10.7. The number of hydrogen-bond acceptors (Lipinski definition) is 7. The Morgan fingerprint density at radius 1 is 0.886 bits per heavy atom. The molecule has 0 unspecified atom stereocenters. The van der Waals surface area contributed by atoms with E-state index in [-0.39, 0.29) is 28.4 Å². The van der Waals surface area contributed by atoms with Crippen LogP contribution >= 0.6 is 11.3 Å². The molecule has 0 radical (unpaired) electrons. The zero-order valence-electron chi connectivity index (χ0n) is 19.1. The van der Waals surface area contributed by atoms with Gasteiger partial charge >= 0.3 is 5.13 Å². The van der Waals surface area contributed by atoms with E-state index in [0.717, 1.165) is 16.9 Å². The minimum Gasteiger partial charge on any atom is -1.00 e. The van der Waals surface area contributed by atoms with Crippen molar-refractivity contribution in [1.29, 1.82) is 0 Å². The van der Waals surface area contributed by atoms with Gasteiger partial charge in [-0.25, -0.2) is 4.57 Å². The number of aryl methyl sites for hydroxylation is 1. The molecule has 180 valence electrons. The smallest absolute Gasteiger partial charge is 0.408 e. The average molecular weight is 553 g/mol. The summed E-state index contributed by atoms with van der Waals surface area (Å²) >= 11 is 1.26. The maximum Gasteiger partial charge on any atom is 0.408 e. The van der Waals surface area contributed by atoms with Crippen LogP contribution in [-0.4, -0.2) is 4.92 Å². The number of halogens is 1. The van der Waals surface area contributed by atoms with Crippen molar-refractivity contribution in [2.45, 2.75) is 19.6 Å². The minimum absolute atomic E-state index is 0. The summed E-state index contributed by atoms with van der Waals surface area (Å²) in [6.07, 6.45) is 1.72. The summed E-state index contributed by atoms with van der Waals surface area (Å²) in [6.45, 7) is 1.08. The summed E-state index contributed by atoms with van der Waals surface area (Å²) in [6, 6.07) is 26.2. The summed E-state index contributed by atoms with van der Waals surface area (Å²) in [5, 5.41) is 27.3. The van der Waals surface area contributed by atoms with E-state index >= 15 is 0 Å². The van der Waals surface area contributed by atoms with Crippen LogP contribution in [0.4, 0.5) is 22.2 Å². The fraction of sp³-hybridized carbons (Fsp3) is 0.160. The molecule has 35 heavy (non-hydrogen) atoms. The number of nitrogens with one attached hydrogen (secondary N) is 2. The Morgan fingerprint density at radius 2 is 1.51 bits per heavy atom. The number of para-hydroxylation sites is 1. The van der Waals surface area contributed by atoms with E-state index in [0.29, 0.717) is 28.8 Å². The molecule has 0 atom stereocenters. The lowest BCUT2D eigenvalue weighted by atomic mass is 10.1. The molecule has 0 aliphatic carbocycles. The fourth-order valence-corrected chi connectivity index (χ4v) is 4.30. The SMILES string of the molecule is C[n+]1cc(C[N+](=O)[O-])sc1N=Nc1cccc(NCc2ccccc2)c1NCc1ccccc1.[Br-]. The number of nitrogens with zero attached hydrogens (tertiary/aromatic N) is 4. The van der Waals surface area contributed by atoms with Crippen LogP contribution in [0.3, 0.4) is 0 Å². The third kappa shape index (κ3) is 7.43. The van der Waals surface area contributed by atoms with Gasteiger partial charge in [0.15, 0.2) is 0 Å². The molecule has 0 saturated heterocycles. The van der Waals surface area contributed by atoms with Gasteiger partial charge in [-0.15, -0.1) is 0 Å². The number of rotatable bonds is 10.